The van der Waals surface area contributed by atoms with Gasteiger partial charge in [-0.15, -0.1) is 12.4 Å². The maximum absolute atomic E-state index is 13.6. The van der Waals surface area contributed by atoms with Crippen molar-refractivity contribution in [2.45, 2.75) is 26.2 Å². The van der Waals surface area contributed by atoms with Crippen molar-refractivity contribution in [1.29, 1.82) is 0 Å². The van der Waals surface area contributed by atoms with Gasteiger partial charge in [0, 0.05) is 38.0 Å². The summed E-state index contributed by atoms with van der Waals surface area (Å²) >= 11 is 0. The Labute approximate surface area is 152 Å². The Balaban J connectivity index is 0.00000225. The lowest BCUT2D eigenvalue weighted by atomic mass is 10.1. The molecule has 0 saturated carbocycles. The van der Waals surface area contributed by atoms with Gasteiger partial charge in [-0.25, -0.2) is 4.39 Å². The van der Waals surface area contributed by atoms with E-state index in [9.17, 15) is 9.18 Å². The van der Waals surface area contributed by atoms with Crippen molar-refractivity contribution in [3.63, 3.8) is 0 Å². The first-order valence-corrected chi connectivity index (χ1v) is 8.21. The molecule has 1 N–H and O–H groups in total. The van der Waals surface area contributed by atoms with Gasteiger partial charge in [-0.1, -0.05) is 17.3 Å². The third-order valence-electron chi connectivity index (χ3n) is 4.14. The molecular formula is C17H22ClFN4O2. The van der Waals surface area contributed by atoms with Crippen LogP contribution in [0.2, 0.25) is 0 Å². The van der Waals surface area contributed by atoms with Crippen LogP contribution in [-0.4, -0.2) is 47.1 Å². The first-order chi connectivity index (χ1) is 11.6. The Kier molecular flexibility index (Phi) is 6.90. The van der Waals surface area contributed by atoms with Crippen LogP contribution in [0.4, 0.5) is 4.39 Å². The van der Waals surface area contributed by atoms with Gasteiger partial charge in [0.1, 0.15) is 5.82 Å². The number of hydrogen-bond donors (Lipinski definition) is 1. The summed E-state index contributed by atoms with van der Waals surface area (Å²) in [5.41, 5.74) is 1.14. The van der Waals surface area contributed by atoms with Crippen LogP contribution < -0.4 is 5.32 Å². The number of amides is 1. The Bertz CT molecular complexity index is 714. The van der Waals surface area contributed by atoms with Crippen LogP contribution in [0.3, 0.4) is 0 Å². The van der Waals surface area contributed by atoms with E-state index in [2.05, 4.69) is 15.5 Å². The van der Waals surface area contributed by atoms with Gasteiger partial charge in [-0.2, -0.15) is 4.98 Å². The SMILES string of the molecule is Cc1ccc(-c2noc(CCC(=O)N3CCCNCC3)n2)cc1F.Cl. The number of hydrogen-bond acceptors (Lipinski definition) is 5. The molecule has 1 saturated heterocycles. The number of benzene rings is 1. The lowest BCUT2D eigenvalue weighted by molar-refractivity contribution is -0.131. The van der Waals surface area contributed by atoms with Gasteiger partial charge in [0.2, 0.25) is 17.6 Å². The van der Waals surface area contributed by atoms with E-state index < -0.39 is 0 Å². The number of aromatic nitrogens is 2. The Morgan fingerprint density at radius 1 is 1.36 bits per heavy atom. The first kappa shape index (κ1) is 19.3. The number of halogens is 2. The fraction of sp³-hybridized carbons (Fsp3) is 0.471. The molecule has 0 atom stereocenters. The van der Waals surface area contributed by atoms with Crippen molar-refractivity contribution in [1.82, 2.24) is 20.4 Å². The highest BCUT2D eigenvalue weighted by Crippen LogP contribution is 2.19. The Morgan fingerprint density at radius 3 is 3.00 bits per heavy atom. The summed E-state index contributed by atoms with van der Waals surface area (Å²) in [5, 5.41) is 7.15. The molecule has 1 aromatic carbocycles. The van der Waals surface area contributed by atoms with Gasteiger partial charge in [0.05, 0.1) is 0 Å². The van der Waals surface area contributed by atoms with Crippen molar-refractivity contribution >= 4 is 18.3 Å². The Hall–Kier alpha value is -1.99. The number of rotatable bonds is 4. The second-order valence-corrected chi connectivity index (χ2v) is 5.96. The van der Waals surface area contributed by atoms with Gasteiger partial charge in [0.15, 0.2) is 0 Å². The molecule has 1 aliphatic heterocycles. The molecule has 0 aliphatic carbocycles. The van der Waals surface area contributed by atoms with Crippen molar-refractivity contribution < 1.29 is 13.7 Å². The van der Waals surface area contributed by atoms with Crippen molar-refractivity contribution in [3.8, 4) is 11.4 Å². The van der Waals surface area contributed by atoms with E-state index in [1.54, 1.807) is 19.1 Å². The molecule has 1 amide bonds. The summed E-state index contributed by atoms with van der Waals surface area (Å²) in [5.74, 6) is 0.534. The highest BCUT2D eigenvalue weighted by molar-refractivity contribution is 5.85. The van der Waals surface area contributed by atoms with Crippen LogP contribution in [0.5, 0.6) is 0 Å². The molecule has 8 heteroatoms. The van der Waals surface area contributed by atoms with Gasteiger partial charge in [0.25, 0.3) is 0 Å². The third kappa shape index (κ3) is 4.99. The monoisotopic (exact) mass is 368 g/mol. The zero-order valence-electron chi connectivity index (χ0n) is 14.1. The highest BCUT2D eigenvalue weighted by atomic mass is 35.5. The summed E-state index contributed by atoms with van der Waals surface area (Å²) in [7, 11) is 0. The van der Waals surface area contributed by atoms with Gasteiger partial charge in [-0.3, -0.25) is 4.79 Å². The maximum Gasteiger partial charge on any atom is 0.227 e. The van der Waals surface area contributed by atoms with Crippen LogP contribution in [0.15, 0.2) is 22.7 Å². The van der Waals surface area contributed by atoms with E-state index in [0.29, 0.717) is 35.7 Å². The van der Waals surface area contributed by atoms with Crippen molar-refractivity contribution in [3.05, 3.63) is 35.5 Å². The zero-order valence-corrected chi connectivity index (χ0v) is 14.9. The summed E-state index contributed by atoms with van der Waals surface area (Å²) in [6, 6.07) is 4.82. The summed E-state index contributed by atoms with van der Waals surface area (Å²) in [6.45, 7) is 4.99. The van der Waals surface area contributed by atoms with Crippen LogP contribution >= 0.6 is 12.4 Å². The molecule has 3 rings (SSSR count). The van der Waals surface area contributed by atoms with E-state index >= 15 is 0 Å². The standard InChI is InChI=1S/C17H21FN4O2.ClH/c1-12-3-4-13(11-14(12)18)17-20-15(24-21-17)5-6-16(23)22-9-2-7-19-8-10-22;/h3-4,11,19H,2,5-10H2,1H3;1H. The van der Waals surface area contributed by atoms with E-state index in [4.69, 9.17) is 4.52 Å². The van der Waals surface area contributed by atoms with E-state index in [1.807, 2.05) is 4.90 Å². The molecule has 0 unspecified atom stereocenters. The molecule has 2 heterocycles. The van der Waals surface area contributed by atoms with E-state index in [1.165, 1.54) is 6.07 Å². The predicted octanol–water partition coefficient (Wildman–Crippen LogP) is 2.36. The molecule has 0 bridgehead atoms. The maximum atomic E-state index is 13.6. The van der Waals surface area contributed by atoms with Gasteiger partial charge in [-0.05, 0) is 31.5 Å². The number of nitrogens with zero attached hydrogens (tertiary/aromatic N) is 3. The number of nitrogens with one attached hydrogen (secondary N) is 1. The lowest BCUT2D eigenvalue weighted by Gasteiger charge is -2.19. The molecular weight excluding hydrogens is 347 g/mol. The fourth-order valence-corrected chi connectivity index (χ4v) is 2.67. The predicted molar refractivity (Wildman–Crippen MR) is 94.1 cm³/mol. The first-order valence-electron chi connectivity index (χ1n) is 8.21. The second-order valence-electron chi connectivity index (χ2n) is 5.96. The summed E-state index contributed by atoms with van der Waals surface area (Å²) < 4.78 is 18.8. The van der Waals surface area contributed by atoms with Crippen LogP contribution in [0, 0.1) is 12.7 Å². The molecule has 1 aromatic heterocycles. The molecule has 1 aliphatic rings. The largest absolute Gasteiger partial charge is 0.341 e. The molecule has 136 valence electrons. The van der Waals surface area contributed by atoms with Crippen LogP contribution in [-0.2, 0) is 11.2 Å². The van der Waals surface area contributed by atoms with Gasteiger partial charge < -0.3 is 14.7 Å². The van der Waals surface area contributed by atoms with Crippen LogP contribution in [0.1, 0.15) is 24.3 Å². The molecule has 25 heavy (non-hydrogen) atoms. The third-order valence-corrected chi connectivity index (χ3v) is 4.14. The van der Waals surface area contributed by atoms with Crippen molar-refractivity contribution in [2.75, 3.05) is 26.2 Å². The quantitative estimate of drug-likeness (QED) is 0.897. The minimum Gasteiger partial charge on any atom is -0.341 e. The topological polar surface area (TPSA) is 71.3 Å². The Morgan fingerprint density at radius 2 is 2.20 bits per heavy atom. The van der Waals surface area contributed by atoms with Crippen LogP contribution in [0.25, 0.3) is 11.4 Å². The lowest BCUT2D eigenvalue weighted by Crippen LogP contribution is -2.34. The smallest absolute Gasteiger partial charge is 0.227 e. The fourth-order valence-electron chi connectivity index (χ4n) is 2.67. The van der Waals surface area contributed by atoms with E-state index in [-0.39, 0.29) is 24.1 Å². The zero-order chi connectivity index (χ0) is 16.9. The number of carbonyl (C=O) groups is 1. The molecule has 0 radical (unpaired) electrons. The molecule has 1 fully saturated rings. The molecule has 0 spiro atoms. The average Bonchev–Trinajstić information content (AvgIpc) is 2.88. The summed E-state index contributed by atoms with van der Waals surface area (Å²) in [6.07, 6.45) is 1.70. The number of carbonyl (C=O) groups excluding carboxylic acids is 1. The van der Waals surface area contributed by atoms with Gasteiger partial charge >= 0.3 is 0 Å². The van der Waals surface area contributed by atoms with E-state index in [0.717, 1.165) is 32.6 Å². The number of aryl methyl sites for hydroxylation is 2. The normalized spacial score (nSPS) is 14.7. The minimum atomic E-state index is -0.302. The second kappa shape index (κ2) is 8.92. The summed E-state index contributed by atoms with van der Waals surface area (Å²) in [4.78, 5) is 18.4. The van der Waals surface area contributed by atoms with Crippen molar-refractivity contribution in [2.24, 2.45) is 0 Å². The average molecular weight is 369 g/mol. The highest BCUT2D eigenvalue weighted by Gasteiger charge is 2.17. The molecule has 6 nitrogen and oxygen atoms in total. The molecule has 2 aromatic rings. The minimum absolute atomic E-state index is 0.